The third-order valence-corrected chi connectivity index (χ3v) is 6.66. The molecular formula is C28H30N4O3. The molecule has 1 atom stereocenters. The first-order valence-electron chi connectivity index (χ1n) is 12.2. The molecule has 0 N–H and O–H groups in total. The first-order valence-corrected chi connectivity index (χ1v) is 12.2. The summed E-state index contributed by atoms with van der Waals surface area (Å²) >= 11 is 0. The van der Waals surface area contributed by atoms with E-state index >= 15 is 0 Å². The van der Waals surface area contributed by atoms with Gasteiger partial charge in [-0.05, 0) is 36.2 Å². The summed E-state index contributed by atoms with van der Waals surface area (Å²) in [4.78, 5) is 39.3. The van der Waals surface area contributed by atoms with Crippen molar-refractivity contribution >= 4 is 17.7 Å². The Morgan fingerprint density at radius 3 is 2.46 bits per heavy atom. The Balaban J connectivity index is 1.29. The highest BCUT2D eigenvalue weighted by Gasteiger charge is 2.29. The number of rotatable bonds is 4. The Morgan fingerprint density at radius 2 is 1.74 bits per heavy atom. The van der Waals surface area contributed by atoms with E-state index in [9.17, 15) is 9.59 Å². The Morgan fingerprint density at radius 1 is 1.00 bits per heavy atom. The first kappa shape index (κ1) is 23.0. The van der Waals surface area contributed by atoms with E-state index in [0.29, 0.717) is 43.7 Å². The Kier molecular flexibility index (Phi) is 6.24. The van der Waals surface area contributed by atoms with Crippen molar-refractivity contribution in [3.8, 4) is 0 Å². The standard InChI is InChI=1S/C28H30N4O3/c1-18(2)26-29-19(3)15-25(30-26)31-11-13-32(14-12-31)27(33)21-9-10-23-22(16-21)17-24(35-28(23)34)20-7-5-4-6-8-20/h4-10,15-16,18,24H,11-14,17H2,1-3H3/t24-/m1/s1. The van der Waals surface area contributed by atoms with E-state index in [2.05, 4.69) is 23.7 Å². The van der Waals surface area contributed by atoms with Crippen LogP contribution in [0, 0.1) is 6.92 Å². The number of nitrogens with zero attached hydrogens (tertiary/aromatic N) is 4. The zero-order valence-electron chi connectivity index (χ0n) is 20.4. The number of fused-ring (bicyclic) bond motifs is 1. The van der Waals surface area contributed by atoms with Crippen molar-refractivity contribution in [1.29, 1.82) is 0 Å². The molecule has 35 heavy (non-hydrogen) atoms. The molecule has 1 fully saturated rings. The molecule has 0 saturated carbocycles. The maximum Gasteiger partial charge on any atom is 0.339 e. The zero-order valence-corrected chi connectivity index (χ0v) is 20.4. The van der Waals surface area contributed by atoms with E-state index in [0.717, 1.165) is 28.5 Å². The predicted molar refractivity (Wildman–Crippen MR) is 134 cm³/mol. The lowest BCUT2D eigenvalue weighted by Crippen LogP contribution is -2.49. The number of cyclic esters (lactones) is 1. The van der Waals surface area contributed by atoms with Crippen molar-refractivity contribution in [1.82, 2.24) is 14.9 Å². The van der Waals surface area contributed by atoms with Gasteiger partial charge in [-0.3, -0.25) is 4.79 Å². The van der Waals surface area contributed by atoms with Gasteiger partial charge in [-0.15, -0.1) is 0 Å². The molecule has 1 aromatic heterocycles. The van der Waals surface area contributed by atoms with Crippen LogP contribution in [0.3, 0.4) is 0 Å². The highest BCUT2D eigenvalue weighted by molar-refractivity contribution is 5.98. The third-order valence-electron chi connectivity index (χ3n) is 6.66. The minimum atomic E-state index is -0.339. The van der Waals surface area contributed by atoms with Gasteiger partial charge in [-0.1, -0.05) is 44.2 Å². The minimum Gasteiger partial charge on any atom is -0.454 e. The highest BCUT2D eigenvalue weighted by atomic mass is 16.5. The molecule has 2 aliphatic heterocycles. The fourth-order valence-corrected chi connectivity index (χ4v) is 4.70. The molecule has 0 aliphatic carbocycles. The van der Waals surface area contributed by atoms with Gasteiger partial charge < -0.3 is 14.5 Å². The van der Waals surface area contributed by atoms with Gasteiger partial charge in [0.05, 0.1) is 5.56 Å². The number of ether oxygens (including phenoxy) is 1. The summed E-state index contributed by atoms with van der Waals surface area (Å²) in [5.74, 6) is 1.68. The summed E-state index contributed by atoms with van der Waals surface area (Å²) in [5.41, 5.74) is 3.92. The maximum atomic E-state index is 13.3. The number of benzene rings is 2. The topological polar surface area (TPSA) is 75.6 Å². The van der Waals surface area contributed by atoms with Crippen molar-refractivity contribution in [2.75, 3.05) is 31.1 Å². The second-order valence-electron chi connectivity index (χ2n) is 9.54. The van der Waals surface area contributed by atoms with Crippen LogP contribution in [0.25, 0.3) is 0 Å². The van der Waals surface area contributed by atoms with Gasteiger partial charge in [-0.25, -0.2) is 14.8 Å². The number of hydrogen-bond acceptors (Lipinski definition) is 6. The Bertz CT molecular complexity index is 1250. The zero-order chi connectivity index (χ0) is 24.5. The van der Waals surface area contributed by atoms with Crippen molar-refractivity contribution in [3.05, 3.63) is 88.4 Å². The molecule has 0 bridgehead atoms. The van der Waals surface area contributed by atoms with Crippen LogP contribution in [0.5, 0.6) is 0 Å². The molecule has 1 saturated heterocycles. The number of carbonyl (C=O) groups excluding carboxylic acids is 2. The smallest absolute Gasteiger partial charge is 0.339 e. The first-order chi connectivity index (χ1) is 16.9. The van der Waals surface area contributed by atoms with Gasteiger partial charge in [0, 0.05) is 55.8 Å². The molecule has 2 aliphatic rings. The summed E-state index contributed by atoms with van der Waals surface area (Å²) in [7, 11) is 0. The number of anilines is 1. The van der Waals surface area contributed by atoms with Crippen molar-refractivity contribution < 1.29 is 14.3 Å². The fraction of sp³-hybridized carbons (Fsp3) is 0.357. The van der Waals surface area contributed by atoms with E-state index in [1.807, 2.05) is 54.3 Å². The Hall–Kier alpha value is -3.74. The molecule has 2 aromatic carbocycles. The predicted octanol–water partition coefficient (Wildman–Crippen LogP) is 4.33. The molecule has 7 heteroatoms. The van der Waals surface area contributed by atoms with Crippen molar-refractivity contribution in [3.63, 3.8) is 0 Å². The summed E-state index contributed by atoms with van der Waals surface area (Å²) < 4.78 is 5.65. The van der Waals surface area contributed by atoms with Crippen LogP contribution in [-0.2, 0) is 11.2 Å². The van der Waals surface area contributed by atoms with Crippen LogP contribution in [0.15, 0.2) is 54.6 Å². The van der Waals surface area contributed by atoms with Gasteiger partial charge in [0.1, 0.15) is 17.7 Å². The summed E-state index contributed by atoms with van der Waals surface area (Å²) in [5, 5.41) is 0. The molecule has 3 heterocycles. The molecule has 0 spiro atoms. The monoisotopic (exact) mass is 470 g/mol. The number of piperazine rings is 1. The highest BCUT2D eigenvalue weighted by Crippen LogP contribution is 2.31. The maximum absolute atomic E-state index is 13.3. The number of carbonyl (C=O) groups is 2. The van der Waals surface area contributed by atoms with Crippen LogP contribution in [0.1, 0.15) is 69.2 Å². The average molecular weight is 471 g/mol. The molecule has 7 nitrogen and oxygen atoms in total. The lowest BCUT2D eigenvalue weighted by atomic mass is 9.93. The lowest BCUT2D eigenvalue weighted by Gasteiger charge is -2.36. The second kappa shape index (κ2) is 9.49. The van der Waals surface area contributed by atoms with Crippen molar-refractivity contribution in [2.45, 2.75) is 39.2 Å². The molecule has 180 valence electrons. The van der Waals surface area contributed by atoms with E-state index < -0.39 is 0 Å². The second-order valence-corrected chi connectivity index (χ2v) is 9.54. The largest absolute Gasteiger partial charge is 0.454 e. The van der Waals surface area contributed by atoms with E-state index in [1.54, 1.807) is 12.1 Å². The average Bonchev–Trinajstić information content (AvgIpc) is 2.88. The molecule has 1 amide bonds. The molecule has 5 rings (SSSR count). The normalized spacial score (nSPS) is 17.8. The van der Waals surface area contributed by atoms with Gasteiger partial charge in [0.15, 0.2) is 0 Å². The van der Waals surface area contributed by atoms with Gasteiger partial charge in [0.25, 0.3) is 5.91 Å². The quantitative estimate of drug-likeness (QED) is 0.529. The van der Waals surface area contributed by atoms with Gasteiger partial charge in [-0.2, -0.15) is 0 Å². The van der Waals surface area contributed by atoms with Crippen LogP contribution >= 0.6 is 0 Å². The Labute approximate surface area is 205 Å². The molecule has 3 aromatic rings. The molecule has 0 unspecified atom stereocenters. The SMILES string of the molecule is Cc1cc(N2CCN(C(=O)c3ccc4c(c3)C[C@H](c3ccccc3)OC4=O)CC2)nc(C(C)C)n1. The van der Waals surface area contributed by atoms with E-state index in [1.165, 1.54) is 0 Å². The number of aryl methyl sites for hydroxylation is 1. The lowest BCUT2D eigenvalue weighted by molar-refractivity contribution is 0.0252. The number of esters is 1. The summed E-state index contributed by atoms with van der Waals surface area (Å²) in [6.07, 6.45) is 0.225. The van der Waals surface area contributed by atoms with Crippen molar-refractivity contribution in [2.24, 2.45) is 0 Å². The number of hydrogen-bond donors (Lipinski definition) is 0. The number of amides is 1. The fourth-order valence-electron chi connectivity index (χ4n) is 4.70. The van der Waals surface area contributed by atoms with Crippen LogP contribution in [-0.4, -0.2) is 52.9 Å². The van der Waals surface area contributed by atoms with Gasteiger partial charge in [0.2, 0.25) is 0 Å². The third kappa shape index (κ3) is 4.76. The molecule has 0 radical (unpaired) electrons. The van der Waals surface area contributed by atoms with E-state index in [4.69, 9.17) is 9.72 Å². The molecular weight excluding hydrogens is 440 g/mol. The summed E-state index contributed by atoms with van der Waals surface area (Å²) in [6.45, 7) is 8.84. The minimum absolute atomic E-state index is 0.00982. The van der Waals surface area contributed by atoms with Crippen LogP contribution in [0.4, 0.5) is 5.82 Å². The van der Waals surface area contributed by atoms with E-state index in [-0.39, 0.29) is 23.9 Å². The number of aromatic nitrogens is 2. The van der Waals surface area contributed by atoms with Crippen LogP contribution < -0.4 is 4.90 Å². The summed E-state index contributed by atoms with van der Waals surface area (Å²) in [6, 6.07) is 17.1. The van der Waals surface area contributed by atoms with Crippen LogP contribution in [0.2, 0.25) is 0 Å². The van der Waals surface area contributed by atoms with Gasteiger partial charge >= 0.3 is 5.97 Å².